The van der Waals surface area contributed by atoms with Crippen LogP contribution >= 0.6 is 0 Å². The SMILES string of the molecule is COc1ccc(C2=C(Nc3ccc(F)cc3)C(=O)N(c3ccccc3C)C2=O)cc1. The van der Waals surface area contributed by atoms with Gasteiger partial charge in [0.2, 0.25) is 0 Å². The number of benzene rings is 3. The van der Waals surface area contributed by atoms with Gasteiger partial charge in [0.15, 0.2) is 0 Å². The fourth-order valence-corrected chi connectivity index (χ4v) is 3.38. The number of hydrogen-bond donors (Lipinski definition) is 1. The van der Waals surface area contributed by atoms with E-state index in [0.29, 0.717) is 22.7 Å². The van der Waals surface area contributed by atoms with Crippen molar-refractivity contribution in [3.8, 4) is 5.75 Å². The highest BCUT2D eigenvalue weighted by Crippen LogP contribution is 2.35. The lowest BCUT2D eigenvalue weighted by Crippen LogP contribution is -2.33. The van der Waals surface area contributed by atoms with E-state index in [2.05, 4.69) is 5.32 Å². The van der Waals surface area contributed by atoms with Crippen molar-refractivity contribution in [2.45, 2.75) is 6.92 Å². The van der Waals surface area contributed by atoms with Crippen LogP contribution in [0.15, 0.2) is 78.5 Å². The van der Waals surface area contributed by atoms with Crippen molar-refractivity contribution in [1.82, 2.24) is 0 Å². The van der Waals surface area contributed by atoms with Crippen LogP contribution in [-0.4, -0.2) is 18.9 Å². The molecule has 5 nitrogen and oxygen atoms in total. The van der Waals surface area contributed by atoms with E-state index in [1.54, 1.807) is 43.5 Å². The minimum Gasteiger partial charge on any atom is -0.497 e. The third kappa shape index (κ3) is 3.43. The zero-order valence-corrected chi connectivity index (χ0v) is 16.5. The molecule has 0 aromatic heterocycles. The van der Waals surface area contributed by atoms with E-state index in [0.717, 1.165) is 5.56 Å². The lowest BCUT2D eigenvalue weighted by atomic mass is 10.0. The normalized spacial score (nSPS) is 13.8. The molecule has 4 rings (SSSR count). The summed E-state index contributed by atoms with van der Waals surface area (Å²) in [6.07, 6.45) is 0. The lowest BCUT2D eigenvalue weighted by molar-refractivity contribution is -0.120. The maximum atomic E-state index is 13.4. The third-order valence-electron chi connectivity index (χ3n) is 4.93. The molecular weight excluding hydrogens is 383 g/mol. The molecule has 2 amide bonds. The molecule has 150 valence electrons. The Bertz CT molecular complexity index is 1150. The number of carbonyl (C=O) groups is 2. The van der Waals surface area contributed by atoms with Crippen molar-refractivity contribution in [3.63, 3.8) is 0 Å². The molecule has 1 aliphatic rings. The Labute approximate surface area is 173 Å². The molecule has 0 spiro atoms. The average Bonchev–Trinajstić information content (AvgIpc) is 3.00. The highest BCUT2D eigenvalue weighted by Gasteiger charge is 2.40. The van der Waals surface area contributed by atoms with Crippen molar-refractivity contribution in [1.29, 1.82) is 0 Å². The number of carbonyl (C=O) groups excluding carboxylic acids is 2. The van der Waals surface area contributed by atoms with Crippen LogP contribution in [0.25, 0.3) is 5.57 Å². The van der Waals surface area contributed by atoms with Gasteiger partial charge in [0.1, 0.15) is 17.3 Å². The topological polar surface area (TPSA) is 58.6 Å². The van der Waals surface area contributed by atoms with Gasteiger partial charge in [-0.05, 0) is 60.5 Å². The summed E-state index contributed by atoms with van der Waals surface area (Å²) >= 11 is 0. The summed E-state index contributed by atoms with van der Waals surface area (Å²) in [5.74, 6) is -0.645. The van der Waals surface area contributed by atoms with Gasteiger partial charge in [0.25, 0.3) is 11.8 Å². The minimum atomic E-state index is -0.468. The number of rotatable bonds is 5. The van der Waals surface area contributed by atoms with Gasteiger partial charge in [0, 0.05) is 5.69 Å². The van der Waals surface area contributed by atoms with Gasteiger partial charge in [-0.25, -0.2) is 9.29 Å². The van der Waals surface area contributed by atoms with Gasteiger partial charge in [-0.3, -0.25) is 9.59 Å². The standard InChI is InChI=1S/C24H19FN2O3/c1-15-5-3-4-6-20(15)27-23(28)21(16-7-13-19(30-2)14-8-16)22(24(27)29)26-18-11-9-17(25)10-12-18/h3-14,26H,1-2H3. The first kappa shape index (κ1) is 19.4. The number of anilines is 2. The quantitative estimate of drug-likeness (QED) is 0.637. The molecular formula is C24H19FN2O3. The van der Waals surface area contributed by atoms with E-state index in [-0.39, 0.29) is 17.1 Å². The summed E-state index contributed by atoms with van der Waals surface area (Å²) < 4.78 is 18.5. The molecule has 0 aliphatic carbocycles. The van der Waals surface area contributed by atoms with Crippen LogP contribution in [0.2, 0.25) is 0 Å². The Balaban J connectivity index is 1.82. The highest BCUT2D eigenvalue weighted by molar-refractivity contribution is 6.46. The molecule has 0 unspecified atom stereocenters. The van der Waals surface area contributed by atoms with E-state index in [1.165, 1.54) is 29.2 Å². The van der Waals surface area contributed by atoms with Gasteiger partial charge < -0.3 is 10.1 Å². The molecule has 1 N–H and O–H groups in total. The van der Waals surface area contributed by atoms with E-state index < -0.39 is 11.8 Å². The van der Waals surface area contributed by atoms with Gasteiger partial charge in [-0.2, -0.15) is 0 Å². The Kier molecular flexibility index (Phi) is 5.06. The molecule has 0 radical (unpaired) electrons. The van der Waals surface area contributed by atoms with Gasteiger partial charge >= 0.3 is 0 Å². The summed E-state index contributed by atoms with van der Waals surface area (Å²) in [7, 11) is 1.56. The molecule has 3 aromatic rings. The fourth-order valence-electron chi connectivity index (χ4n) is 3.38. The Morgan fingerprint density at radius 2 is 1.53 bits per heavy atom. The maximum absolute atomic E-state index is 13.4. The summed E-state index contributed by atoms with van der Waals surface area (Å²) in [5.41, 5.74) is 2.79. The second kappa shape index (κ2) is 7.83. The number of nitrogens with one attached hydrogen (secondary N) is 1. The van der Waals surface area contributed by atoms with Crippen LogP contribution in [0.5, 0.6) is 5.75 Å². The van der Waals surface area contributed by atoms with Crippen LogP contribution in [0.3, 0.4) is 0 Å². The van der Waals surface area contributed by atoms with Crippen LogP contribution < -0.4 is 15.0 Å². The number of methoxy groups -OCH3 is 1. The molecule has 0 bridgehead atoms. The third-order valence-corrected chi connectivity index (χ3v) is 4.93. The monoisotopic (exact) mass is 402 g/mol. The Morgan fingerprint density at radius 1 is 0.867 bits per heavy atom. The molecule has 1 heterocycles. The predicted octanol–water partition coefficient (Wildman–Crippen LogP) is 4.54. The van der Waals surface area contributed by atoms with Gasteiger partial charge in [-0.1, -0.05) is 30.3 Å². The molecule has 0 saturated heterocycles. The van der Waals surface area contributed by atoms with Crippen molar-refractivity contribution in [3.05, 3.63) is 95.4 Å². The van der Waals surface area contributed by atoms with Crippen molar-refractivity contribution < 1.29 is 18.7 Å². The number of imide groups is 1. The first-order chi connectivity index (χ1) is 14.5. The number of aryl methyl sites for hydroxylation is 1. The summed E-state index contributed by atoms with van der Waals surface area (Å²) in [5, 5.41) is 3.01. The van der Waals surface area contributed by atoms with Gasteiger partial charge in [-0.15, -0.1) is 0 Å². The average molecular weight is 402 g/mol. The fraction of sp³-hybridized carbons (Fsp3) is 0.0833. The first-order valence-electron chi connectivity index (χ1n) is 9.35. The molecule has 1 aliphatic heterocycles. The lowest BCUT2D eigenvalue weighted by Gasteiger charge is -2.17. The van der Waals surface area contributed by atoms with E-state index in [1.807, 2.05) is 19.1 Å². The second-order valence-corrected chi connectivity index (χ2v) is 6.84. The van der Waals surface area contributed by atoms with Crippen LogP contribution in [0.4, 0.5) is 15.8 Å². The maximum Gasteiger partial charge on any atom is 0.282 e. The molecule has 0 atom stereocenters. The molecule has 0 saturated carbocycles. The van der Waals surface area contributed by atoms with E-state index in [9.17, 15) is 14.0 Å². The number of para-hydroxylation sites is 1. The number of halogens is 1. The Hall–Kier alpha value is -3.93. The van der Waals surface area contributed by atoms with Crippen LogP contribution in [-0.2, 0) is 9.59 Å². The predicted molar refractivity (Wildman–Crippen MR) is 114 cm³/mol. The molecule has 6 heteroatoms. The molecule has 0 fully saturated rings. The van der Waals surface area contributed by atoms with E-state index in [4.69, 9.17) is 4.74 Å². The Morgan fingerprint density at radius 3 is 2.17 bits per heavy atom. The largest absolute Gasteiger partial charge is 0.497 e. The first-order valence-corrected chi connectivity index (χ1v) is 9.35. The smallest absolute Gasteiger partial charge is 0.282 e. The molecule has 3 aromatic carbocycles. The summed E-state index contributed by atoms with van der Waals surface area (Å²) in [4.78, 5) is 27.9. The summed E-state index contributed by atoms with van der Waals surface area (Å²) in [6, 6.07) is 19.7. The number of hydrogen-bond acceptors (Lipinski definition) is 4. The van der Waals surface area contributed by atoms with E-state index >= 15 is 0 Å². The minimum absolute atomic E-state index is 0.139. The second-order valence-electron chi connectivity index (χ2n) is 6.84. The summed E-state index contributed by atoms with van der Waals surface area (Å²) in [6.45, 7) is 1.84. The van der Waals surface area contributed by atoms with Crippen molar-refractivity contribution in [2.24, 2.45) is 0 Å². The number of nitrogens with zero attached hydrogens (tertiary/aromatic N) is 1. The zero-order valence-electron chi connectivity index (χ0n) is 16.5. The zero-order chi connectivity index (χ0) is 21.3. The van der Waals surface area contributed by atoms with Gasteiger partial charge in [0.05, 0.1) is 18.4 Å². The van der Waals surface area contributed by atoms with Crippen molar-refractivity contribution >= 4 is 28.8 Å². The van der Waals surface area contributed by atoms with Crippen molar-refractivity contribution in [2.75, 3.05) is 17.3 Å². The highest BCUT2D eigenvalue weighted by atomic mass is 19.1. The molecule has 30 heavy (non-hydrogen) atoms. The number of ether oxygens (including phenoxy) is 1. The number of amides is 2. The van der Waals surface area contributed by atoms with Crippen LogP contribution in [0.1, 0.15) is 11.1 Å². The van der Waals surface area contributed by atoms with Crippen LogP contribution in [0, 0.1) is 12.7 Å².